The smallest absolute Gasteiger partial charge is 0.406 e. The number of benzene rings is 2. The fourth-order valence-corrected chi connectivity index (χ4v) is 4.04. The van der Waals surface area contributed by atoms with Crippen LogP contribution in [-0.4, -0.2) is 28.9 Å². The highest BCUT2D eigenvalue weighted by Gasteiger charge is 2.53. The molecule has 3 rings (SSSR count). The quantitative estimate of drug-likeness (QED) is 0.618. The summed E-state index contributed by atoms with van der Waals surface area (Å²) in [5.41, 5.74) is 1.72. The van der Waals surface area contributed by atoms with Crippen LogP contribution >= 0.6 is 0 Å². The molecule has 1 saturated heterocycles. The molecule has 1 heterocycles. The Morgan fingerprint density at radius 2 is 1.69 bits per heavy atom. The zero-order valence-electron chi connectivity index (χ0n) is 17.1. The number of carbonyl (C=O) groups is 1. The number of amides is 2. The first-order chi connectivity index (χ1) is 13.4. The molecule has 1 aliphatic rings. The minimum Gasteiger partial charge on any atom is -0.406 e. The molecular weight excluding hydrogens is 381 g/mol. The number of ether oxygens (including phenoxy) is 1. The Bertz CT molecular complexity index is 892. The fraction of sp³-hybridized carbons (Fsp3) is 0.409. The molecule has 2 aromatic carbocycles. The molecule has 0 spiro atoms. The summed E-state index contributed by atoms with van der Waals surface area (Å²) in [6.45, 7) is 9.62. The fourth-order valence-electron chi connectivity index (χ4n) is 4.04. The predicted molar refractivity (Wildman–Crippen MR) is 106 cm³/mol. The molecule has 0 N–H and O–H groups in total. The van der Waals surface area contributed by atoms with E-state index in [1.165, 1.54) is 18.2 Å². The van der Waals surface area contributed by atoms with Crippen molar-refractivity contribution >= 4 is 11.7 Å². The van der Waals surface area contributed by atoms with Gasteiger partial charge in [0, 0.05) is 11.7 Å². The van der Waals surface area contributed by atoms with Gasteiger partial charge in [-0.3, -0.25) is 4.90 Å². The van der Waals surface area contributed by atoms with Gasteiger partial charge in [0.15, 0.2) is 0 Å². The van der Waals surface area contributed by atoms with Gasteiger partial charge in [-0.1, -0.05) is 29.8 Å². The third-order valence-corrected chi connectivity index (χ3v) is 5.19. The molecule has 1 fully saturated rings. The largest absolute Gasteiger partial charge is 0.573 e. The number of aryl methyl sites for hydroxylation is 1. The predicted octanol–water partition coefficient (Wildman–Crippen LogP) is 6.06. The Balaban J connectivity index is 2.08. The SMILES string of the molecule is Cc1ccc(N2C(=O)N(C(C)C)[C@@H](c3cccc(OC(F)(F)F)c3)C2(C)C)cc1. The number of alkyl halides is 3. The number of nitrogens with zero attached hydrogens (tertiary/aromatic N) is 2. The van der Waals surface area contributed by atoms with E-state index in [-0.39, 0.29) is 17.8 Å². The molecule has 1 aliphatic heterocycles. The second-order valence-corrected chi connectivity index (χ2v) is 8.13. The summed E-state index contributed by atoms with van der Waals surface area (Å²) in [5, 5.41) is 0. The average Bonchev–Trinajstić information content (AvgIpc) is 2.80. The van der Waals surface area contributed by atoms with Crippen molar-refractivity contribution in [2.75, 3.05) is 4.90 Å². The lowest BCUT2D eigenvalue weighted by molar-refractivity contribution is -0.274. The van der Waals surface area contributed by atoms with Crippen LogP contribution in [0.2, 0.25) is 0 Å². The van der Waals surface area contributed by atoms with Crippen LogP contribution in [0.3, 0.4) is 0 Å². The average molecular weight is 406 g/mol. The Hall–Kier alpha value is -2.70. The van der Waals surface area contributed by atoms with Gasteiger partial charge in [0.2, 0.25) is 0 Å². The molecule has 0 bridgehead atoms. The van der Waals surface area contributed by atoms with E-state index < -0.39 is 17.9 Å². The van der Waals surface area contributed by atoms with Gasteiger partial charge >= 0.3 is 12.4 Å². The van der Waals surface area contributed by atoms with E-state index in [9.17, 15) is 18.0 Å². The molecular formula is C22H25F3N2O2. The van der Waals surface area contributed by atoms with Crippen molar-refractivity contribution in [3.05, 3.63) is 59.7 Å². The summed E-state index contributed by atoms with van der Waals surface area (Å²) < 4.78 is 42.2. The van der Waals surface area contributed by atoms with Gasteiger partial charge in [-0.15, -0.1) is 13.2 Å². The zero-order chi connectivity index (χ0) is 21.6. The van der Waals surface area contributed by atoms with Gasteiger partial charge in [-0.25, -0.2) is 4.79 Å². The minimum atomic E-state index is -4.77. The van der Waals surface area contributed by atoms with Gasteiger partial charge in [0.1, 0.15) is 5.75 Å². The number of carbonyl (C=O) groups excluding carboxylic acids is 1. The molecule has 0 aromatic heterocycles. The van der Waals surface area contributed by atoms with Gasteiger partial charge in [0.25, 0.3) is 0 Å². The highest BCUT2D eigenvalue weighted by atomic mass is 19.4. The van der Waals surface area contributed by atoms with Crippen molar-refractivity contribution in [1.29, 1.82) is 0 Å². The summed E-state index contributed by atoms with van der Waals surface area (Å²) in [6, 6.07) is 12.7. The maximum Gasteiger partial charge on any atom is 0.573 e. The number of hydrogen-bond acceptors (Lipinski definition) is 2. The maximum absolute atomic E-state index is 13.4. The number of rotatable bonds is 4. The van der Waals surface area contributed by atoms with Crippen LogP contribution in [0.1, 0.15) is 44.9 Å². The molecule has 29 heavy (non-hydrogen) atoms. The topological polar surface area (TPSA) is 32.8 Å². The van der Waals surface area contributed by atoms with Crippen molar-refractivity contribution < 1.29 is 22.7 Å². The Morgan fingerprint density at radius 3 is 2.24 bits per heavy atom. The van der Waals surface area contributed by atoms with E-state index in [0.717, 1.165) is 11.3 Å². The van der Waals surface area contributed by atoms with Crippen molar-refractivity contribution in [3.63, 3.8) is 0 Å². The van der Waals surface area contributed by atoms with E-state index in [2.05, 4.69) is 4.74 Å². The van der Waals surface area contributed by atoms with E-state index >= 15 is 0 Å². The minimum absolute atomic E-state index is 0.144. The summed E-state index contributed by atoms with van der Waals surface area (Å²) in [7, 11) is 0. The molecule has 7 heteroatoms. The lowest BCUT2D eigenvalue weighted by Crippen LogP contribution is -2.43. The summed E-state index contributed by atoms with van der Waals surface area (Å²) in [5.74, 6) is -0.296. The molecule has 0 saturated carbocycles. The van der Waals surface area contributed by atoms with Crippen LogP contribution in [-0.2, 0) is 0 Å². The van der Waals surface area contributed by atoms with Crippen molar-refractivity contribution in [1.82, 2.24) is 4.90 Å². The number of anilines is 1. The first-order valence-electron chi connectivity index (χ1n) is 9.46. The van der Waals surface area contributed by atoms with Crippen LogP contribution < -0.4 is 9.64 Å². The van der Waals surface area contributed by atoms with Gasteiger partial charge in [-0.2, -0.15) is 0 Å². The highest BCUT2D eigenvalue weighted by molar-refractivity contribution is 5.97. The van der Waals surface area contributed by atoms with Crippen LogP contribution in [0, 0.1) is 6.92 Å². The molecule has 4 nitrogen and oxygen atoms in total. The Labute approximate surface area is 168 Å². The first-order valence-corrected chi connectivity index (χ1v) is 9.46. The lowest BCUT2D eigenvalue weighted by atomic mass is 9.87. The third-order valence-electron chi connectivity index (χ3n) is 5.19. The van der Waals surface area contributed by atoms with E-state index in [0.29, 0.717) is 5.56 Å². The molecule has 2 amide bonds. The summed E-state index contributed by atoms with van der Waals surface area (Å²) in [4.78, 5) is 16.8. The van der Waals surface area contributed by atoms with Crippen LogP contribution in [0.15, 0.2) is 48.5 Å². The Morgan fingerprint density at radius 1 is 1.07 bits per heavy atom. The molecule has 0 radical (unpaired) electrons. The van der Waals surface area contributed by atoms with Crippen molar-refractivity contribution in [2.24, 2.45) is 0 Å². The summed E-state index contributed by atoms with van der Waals surface area (Å²) >= 11 is 0. The lowest BCUT2D eigenvalue weighted by Gasteiger charge is -2.36. The molecule has 1 atom stereocenters. The first kappa shape index (κ1) is 21.0. The van der Waals surface area contributed by atoms with E-state index in [1.807, 2.05) is 58.9 Å². The van der Waals surface area contributed by atoms with Gasteiger partial charge in [-0.05, 0) is 64.4 Å². The standard InChI is InChI=1S/C22H25F3N2O2/c1-14(2)26-19(16-7-6-8-18(13-16)29-22(23,24)25)21(4,5)27(20(26)28)17-11-9-15(3)10-12-17/h6-14,19H,1-5H3/t19-/m0/s1. The number of hydrogen-bond donors (Lipinski definition) is 0. The number of urea groups is 1. The molecule has 0 aliphatic carbocycles. The second-order valence-electron chi connectivity index (χ2n) is 8.13. The monoisotopic (exact) mass is 406 g/mol. The Kier molecular flexibility index (Phi) is 5.28. The van der Waals surface area contributed by atoms with Crippen LogP contribution in [0.25, 0.3) is 0 Å². The van der Waals surface area contributed by atoms with Crippen LogP contribution in [0.4, 0.5) is 23.7 Å². The normalized spacial score (nSPS) is 19.2. The van der Waals surface area contributed by atoms with Gasteiger partial charge in [0.05, 0.1) is 11.6 Å². The third kappa shape index (κ3) is 4.04. The molecule has 2 aromatic rings. The molecule has 156 valence electrons. The number of halogens is 3. The van der Waals surface area contributed by atoms with Crippen LogP contribution in [0.5, 0.6) is 5.75 Å². The van der Waals surface area contributed by atoms with E-state index in [1.54, 1.807) is 15.9 Å². The maximum atomic E-state index is 13.4. The second kappa shape index (κ2) is 7.28. The van der Waals surface area contributed by atoms with Gasteiger partial charge < -0.3 is 9.64 Å². The van der Waals surface area contributed by atoms with E-state index in [4.69, 9.17) is 0 Å². The van der Waals surface area contributed by atoms with Crippen molar-refractivity contribution in [2.45, 2.75) is 58.6 Å². The molecule has 0 unspecified atom stereocenters. The van der Waals surface area contributed by atoms with Crippen molar-refractivity contribution in [3.8, 4) is 5.75 Å². The zero-order valence-corrected chi connectivity index (χ0v) is 17.1. The summed E-state index contributed by atoms with van der Waals surface area (Å²) in [6.07, 6.45) is -4.77. The highest BCUT2D eigenvalue weighted by Crippen LogP contribution is 2.47.